The number of imide groups is 1. The van der Waals surface area contributed by atoms with Crippen molar-refractivity contribution in [1.29, 1.82) is 0 Å². The SMILES string of the molecule is COCCOCCOCCOCCOCCOCCOCCOCCOCCOCCOCCOCCOCCOCCOCCOCCOCCOCCOCCOCCOCCOCCOCCOCCNC(=O)CCCCCN1C(=O)C=CC1=O. The van der Waals surface area contributed by atoms with Gasteiger partial charge >= 0.3 is 0 Å². The molecule has 3 amide bonds. The molecule has 1 N–H and O–H groups in total. The van der Waals surface area contributed by atoms with Gasteiger partial charge in [0.2, 0.25) is 5.91 Å². The number of hydrogen-bond acceptors (Lipinski definition) is 27. The summed E-state index contributed by atoms with van der Waals surface area (Å²) < 4.78 is 131. The first kappa shape index (κ1) is 83.4. The molecule has 29 heteroatoms. The quantitative estimate of drug-likeness (QED) is 0.0645. The van der Waals surface area contributed by atoms with Gasteiger partial charge in [0.15, 0.2) is 0 Å². The summed E-state index contributed by atoms with van der Waals surface area (Å²) in [4.78, 5) is 36.2. The Labute approximate surface area is 523 Å². The molecule has 0 spiro atoms. The highest BCUT2D eigenvalue weighted by Gasteiger charge is 2.22. The number of nitrogens with zero attached hydrogens (tertiary/aromatic N) is 1. The summed E-state index contributed by atoms with van der Waals surface area (Å²) in [5.41, 5.74) is 0. The molecule has 0 bridgehead atoms. The number of hydrogen-bond donors (Lipinski definition) is 1. The third kappa shape index (κ3) is 66.3. The van der Waals surface area contributed by atoms with Crippen LogP contribution in [0, 0.1) is 0 Å². The fraction of sp³-hybridized carbons (Fsp3) is 0.915. The van der Waals surface area contributed by atoms with E-state index < -0.39 is 0 Å². The van der Waals surface area contributed by atoms with Crippen molar-refractivity contribution < 1.29 is 128 Å². The Morgan fingerprint density at radius 1 is 0.273 bits per heavy atom. The minimum Gasteiger partial charge on any atom is -0.382 e. The van der Waals surface area contributed by atoms with Gasteiger partial charge in [-0.3, -0.25) is 19.3 Å². The van der Waals surface area contributed by atoms with Crippen molar-refractivity contribution in [3.05, 3.63) is 12.2 Å². The molecule has 1 aliphatic heterocycles. The largest absolute Gasteiger partial charge is 0.382 e. The average molecular weight is 1280 g/mol. The molecule has 0 radical (unpaired) electrons. The van der Waals surface area contributed by atoms with Crippen LogP contribution in [0.15, 0.2) is 12.2 Å². The lowest BCUT2D eigenvalue weighted by Gasteiger charge is -2.13. The Balaban J connectivity index is 1.60. The van der Waals surface area contributed by atoms with Crippen LogP contribution >= 0.6 is 0 Å². The summed E-state index contributed by atoms with van der Waals surface area (Å²) in [5.74, 6) is -0.600. The minimum absolute atomic E-state index is 0.0483. The molecule has 1 aliphatic rings. The van der Waals surface area contributed by atoms with Crippen LogP contribution in [0.25, 0.3) is 0 Å². The van der Waals surface area contributed by atoms with Crippen molar-refractivity contribution >= 4 is 17.7 Å². The van der Waals surface area contributed by atoms with E-state index in [0.717, 1.165) is 6.42 Å². The third-order valence-corrected chi connectivity index (χ3v) is 11.4. The van der Waals surface area contributed by atoms with E-state index in [4.69, 9.17) is 114 Å². The molecule has 0 aromatic rings. The van der Waals surface area contributed by atoms with Crippen molar-refractivity contribution in [2.75, 3.05) is 331 Å². The Kier molecular flexibility index (Phi) is 69.6. The number of amides is 3. The molecule has 0 aromatic carbocycles. The fourth-order valence-corrected chi connectivity index (χ4v) is 6.82. The highest BCUT2D eigenvalue weighted by molar-refractivity contribution is 6.12. The van der Waals surface area contributed by atoms with Crippen molar-refractivity contribution in [3.63, 3.8) is 0 Å². The Morgan fingerprint density at radius 3 is 0.648 bits per heavy atom. The second-order valence-electron chi connectivity index (χ2n) is 18.4. The maximum absolute atomic E-state index is 11.9. The van der Waals surface area contributed by atoms with E-state index in [2.05, 4.69) is 5.32 Å². The molecule has 0 fully saturated rings. The molecule has 0 unspecified atom stereocenters. The molecule has 0 atom stereocenters. The van der Waals surface area contributed by atoms with Crippen LogP contribution in [0.1, 0.15) is 25.7 Å². The second-order valence-corrected chi connectivity index (χ2v) is 18.4. The van der Waals surface area contributed by atoms with Crippen LogP contribution in [0.5, 0.6) is 0 Å². The fourth-order valence-electron chi connectivity index (χ4n) is 6.82. The van der Waals surface area contributed by atoms with Gasteiger partial charge in [-0.2, -0.15) is 0 Å². The van der Waals surface area contributed by atoms with Crippen LogP contribution in [-0.4, -0.2) is 353 Å². The molecule has 520 valence electrons. The number of ether oxygens (including phenoxy) is 24. The average Bonchev–Trinajstić information content (AvgIpc) is 4.15. The lowest BCUT2D eigenvalue weighted by molar-refractivity contribution is -0.137. The van der Waals surface area contributed by atoms with E-state index in [1.54, 1.807) is 7.11 Å². The van der Waals surface area contributed by atoms with Crippen LogP contribution < -0.4 is 5.32 Å². The lowest BCUT2D eigenvalue weighted by Crippen LogP contribution is -2.31. The van der Waals surface area contributed by atoms with E-state index in [0.29, 0.717) is 343 Å². The van der Waals surface area contributed by atoms with E-state index in [1.165, 1.54) is 17.1 Å². The van der Waals surface area contributed by atoms with Gasteiger partial charge in [-0.1, -0.05) is 6.42 Å². The predicted molar refractivity (Wildman–Crippen MR) is 318 cm³/mol. The number of carbonyl (C=O) groups excluding carboxylic acids is 3. The van der Waals surface area contributed by atoms with Gasteiger partial charge in [-0.05, 0) is 12.8 Å². The van der Waals surface area contributed by atoms with Crippen LogP contribution in [0.4, 0.5) is 0 Å². The maximum atomic E-state index is 11.9. The van der Waals surface area contributed by atoms with Gasteiger partial charge in [0.25, 0.3) is 11.8 Å². The topological polar surface area (TPSA) is 288 Å². The van der Waals surface area contributed by atoms with E-state index in [-0.39, 0.29) is 17.7 Å². The van der Waals surface area contributed by atoms with Crippen molar-refractivity contribution in [3.8, 4) is 0 Å². The van der Waals surface area contributed by atoms with Crippen molar-refractivity contribution in [2.45, 2.75) is 25.7 Å². The van der Waals surface area contributed by atoms with Crippen molar-refractivity contribution in [1.82, 2.24) is 10.2 Å². The monoisotopic (exact) mass is 1280 g/mol. The lowest BCUT2D eigenvalue weighted by atomic mass is 10.2. The van der Waals surface area contributed by atoms with Gasteiger partial charge in [-0.15, -0.1) is 0 Å². The number of carbonyl (C=O) groups is 3. The second kappa shape index (κ2) is 73.4. The molecule has 0 aliphatic carbocycles. The van der Waals surface area contributed by atoms with Gasteiger partial charge in [0.1, 0.15) is 0 Å². The molecule has 88 heavy (non-hydrogen) atoms. The van der Waals surface area contributed by atoms with E-state index in [1.807, 2.05) is 0 Å². The van der Waals surface area contributed by atoms with Gasteiger partial charge in [-0.25, -0.2) is 0 Å². The summed E-state index contributed by atoms with van der Waals surface area (Å²) in [5, 5.41) is 2.82. The summed E-state index contributed by atoms with van der Waals surface area (Å²) in [7, 11) is 1.64. The first-order chi connectivity index (χ1) is 43.6. The van der Waals surface area contributed by atoms with E-state index in [9.17, 15) is 14.4 Å². The molecule has 1 rings (SSSR count). The molecule has 1 heterocycles. The maximum Gasteiger partial charge on any atom is 0.253 e. The third-order valence-electron chi connectivity index (χ3n) is 11.4. The van der Waals surface area contributed by atoms with Gasteiger partial charge in [0.05, 0.1) is 311 Å². The van der Waals surface area contributed by atoms with Crippen LogP contribution in [0.3, 0.4) is 0 Å². The summed E-state index contributed by atoms with van der Waals surface area (Å²) in [6, 6.07) is 0. The highest BCUT2D eigenvalue weighted by atomic mass is 16.6. The van der Waals surface area contributed by atoms with Crippen molar-refractivity contribution in [2.24, 2.45) is 0 Å². The summed E-state index contributed by atoms with van der Waals surface area (Å²) >= 11 is 0. The number of unbranched alkanes of at least 4 members (excludes halogenated alkanes) is 2. The Morgan fingerprint density at radius 2 is 0.455 bits per heavy atom. The highest BCUT2D eigenvalue weighted by Crippen LogP contribution is 2.08. The molecule has 0 saturated carbocycles. The number of rotatable bonds is 78. The van der Waals surface area contributed by atoms with Gasteiger partial charge < -0.3 is 119 Å². The molecule has 29 nitrogen and oxygen atoms in total. The van der Waals surface area contributed by atoms with Crippen LogP contribution in [-0.2, 0) is 128 Å². The summed E-state index contributed by atoms with van der Waals surface area (Å²) in [6.45, 7) is 23.5. The molecule has 0 saturated heterocycles. The Bertz CT molecular complexity index is 1450. The normalized spacial score (nSPS) is 12.5. The molecular weight excluding hydrogens is 1170 g/mol. The minimum atomic E-state index is -0.276. The zero-order valence-corrected chi connectivity index (χ0v) is 53.1. The smallest absolute Gasteiger partial charge is 0.253 e. The molecule has 0 aromatic heterocycles. The standard InChI is InChI=1S/C59H112N2O27/c1-65-11-12-67-15-16-69-19-20-71-23-24-73-27-28-75-31-32-77-35-36-79-39-40-81-43-44-83-47-48-85-51-52-87-55-56-88-54-53-86-50-49-84-46-45-82-42-41-80-38-37-78-34-33-76-30-29-74-26-25-72-22-21-70-18-17-68-14-13-66-10-8-60-57(62)5-3-2-4-9-61-58(63)6-7-59(61)64/h6-7H,2-5,8-56H2,1H3,(H,60,62). The zero-order valence-electron chi connectivity index (χ0n) is 53.1. The van der Waals surface area contributed by atoms with E-state index >= 15 is 0 Å². The predicted octanol–water partition coefficient (Wildman–Crippen LogP) is 0.616. The zero-order chi connectivity index (χ0) is 62.9. The summed E-state index contributed by atoms with van der Waals surface area (Å²) in [6.07, 6.45) is 5.07. The Hall–Kier alpha value is -2.61. The number of nitrogens with one attached hydrogen (secondary N) is 1. The first-order valence-corrected chi connectivity index (χ1v) is 31.2. The van der Waals surface area contributed by atoms with Crippen LogP contribution in [0.2, 0.25) is 0 Å². The first-order valence-electron chi connectivity index (χ1n) is 31.2. The number of methoxy groups -OCH3 is 1. The molecular formula is C59H112N2O27. The van der Waals surface area contributed by atoms with Gasteiger partial charge in [0, 0.05) is 38.8 Å².